The molecule has 298 valence electrons. The minimum atomic E-state index is -0.0854. The van der Waals surface area contributed by atoms with Crippen molar-refractivity contribution >= 4 is 11.9 Å². The van der Waals surface area contributed by atoms with Crippen LogP contribution in [0.15, 0.2) is 29.3 Å². The van der Waals surface area contributed by atoms with Crippen molar-refractivity contribution in [1.82, 2.24) is 4.90 Å². The van der Waals surface area contributed by atoms with Crippen LogP contribution in [0.4, 0.5) is 0 Å². The summed E-state index contributed by atoms with van der Waals surface area (Å²) in [5.41, 5.74) is 10.5. The van der Waals surface area contributed by atoms with Crippen molar-refractivity contribution in [3.8, 4) is 0 Å². The van der Waals surface area contributed by atoms with Crippen LogP contribution in [0.1, 0.15) is 174 Å². The SMILES string of the molecule is C=C=C=C=C1C(CCCCC)CCOC(=O)CCCCCCCC(OCCCN2CCOCC2)CCCCCCCC(=O)OCCC1CCCCC. The fourth-order valence-electron chi connectivity index (χ4n) is 7.64. The van der Waals surface area contributed by atoms with Gasteiger partial charge in [-0.1, -0.05) is 115 Å². The summed E-state index contributed by atoms with van der Waals surface area (Å²) in [6.45, 7) is 14.7. The van der Waals surface area contributed by atoms with E-state index in [4.69, 9.17) is 18.9 Å². The van der Waals surface area contributed by atoms with Gasteiger partial charge in [-0.3, -0.25) is 14.5 Å². The molecule has 2 unspecified atom stereocenters. The van der Waals surface area contributed by atoms with Gasteiger partial charge in [0, 0.05) is 39.1 Å². The zero-order valence-corrected chi connectivity index (χ0v) is 33.7. The Morgan fingerprint density at radius 2 is 1.19 bits per heavy atom. The molecule has 2 aliphatic rings. The first-order valence-corrected chi connectivity index (χ1v) is 21.7. The number of nitrogens with zero attached hydrogens (tertiary/aromatic N) is 1. The molecule has 0 radical (unpaired) electrons. The molecule has 2 atom stereocenters. The van der Waals surface area contributed by atoms with Gasteiger partial charge in [-0.25, -0.2) is 0 Å². The van der Waals surface area contributed by atoms with E-state index in [2.05, 4.69) is 42.5 Å². The van der Waals surface area contributed by atoms with Crippen molar-refractivity contribution in [3.63, 3.8) is 0 Å². The molecule has 0 aromatic carbocycles. The average Bonchev–Trinajstić information content (AvgIpc) is 3.15. The highest BCUT2D eigenvalue weighted by Crippen LogP contribution is 2.33. The third kappa shape index (κ3) is 23.5. The van der Waals surface area contributed by atoms with Gasteiger partial charge in [0.25, 0.3) is 0 Å². The summed E-state index contributed by atoms with van der Waals surface area (Å²) in [5.74, 6) is 0.299. The Bertz CT molecular complexity index is 982. The van der Waals surface area contributed by atoms with Gasteiger partial charge in [-0.15, -0.1) is 0 Å². The Kier molecular flexibility index (Phi) is 28.6. The molecule has 7 nitrogen and oxygen atoms in total. The van der Waals surface area contributed by atoms with Gasteiger partial charge in [-0.05, 0) is 87.5 Å². The molecular formula is C45H77NO6. The van der Waals surface area contributed by atoms with Crippen LogP contribution in [0.3, 0.4) is 0 Å². The molecule has 2 saturated heterocycles. The van der Waals surface area contributed by atoms with Crippen LogP contribution in [0.25, 0.3) is 0 Å². The molecule has 0 aromatic rings. The van der Waals surface area contributed by atoms with Gasteiger partial charge in [0.15, 0.2) is 0 Å². The monoisotopic (exact) mass is 728 g/mol. The van der Waals surface area contributed by atoms with Crippen molar-refractivity contribution in [2.75, 3.05) is 52.7 Å². The number of unbranched alkanes of at least 4 members (excludes halogenated alkanes) is 4. The second kappa shape index (κ2) is 32.3. The van der Waals surface area contributed by atoms with Gasteiger partial charge in [0.1, 0.15) is 0 Å². The number of ether oxygens (including phenoxy) is 4. The van der Waals surface area contributed by atoms with Crippen molar-refractivity contribution in [1.29, 1.82) is 0 Å². The van der Waals surface area contributed by atoms with Crippen molar-refractivity contribution in [2.24, 2.45) is 11.8 Å². The number of hydrogen-bond acceptors (Lipinski definition) is 7. The van der Waals surface area contributed by atoms with Crippen LogP contribution in [0.5, 0.6) is 0 Å². The summed E-state index contributed by atoms with van der Waals surface area (Å²) in [4.78, 5) is 28.0. The number of hydrogen-bond donors (Lipinski definition) is 0. The largest absolute Gasteiger partial charge is 0.466 e. The smallest absolute Gasteiger partial charge is 0.305 e. The first-order valence-electron chi connectivity index (χ1n) is 21.7. The minimum Gasteiger partial charge on any atom is -0.466 e. The number of allylic oxidation sites excluding steroid dienone is 1. The lowest BCUT2D eigenvalue weighted by Crippen LogP contribution is -2.37. The molecule has 0 spiro atoms. The Morgan fingerprint density at radius 1 is 0.673 bits per heavy atom. The number of cyclic esters (lactones) is 2. The number of rotatable bonds is 13. The maximum absolute atomic E-state index is 12.8. The van der Waals surface area contributed by atoms with E-state index in [1.165, 1.54) is 44.1 Å². The van der Waals surface area contributed by atoms with E-state index < -0.39 is 0 Å². The molecule has 7 heteroatoms. The first kappa shape index (κ1) is 46.1. The summed E-state index contributed by atoms with van der Waals surface area (Å²) in [7, 11) is 0. The Hall–Kier alpha value is -2.10. The molecule has 0 saturated carbocycles. The number of esters is 2. The van der Waals surface area contributed by atoms with Gasteiger partial charge in [0.2, 0.25) is 0 Å². The van der Waals surface area contributed by atoms with Crippen molar-refractivity contribution < 1.29 is 28.5 Å². The van der Waals surface area contributed by atoms with E-state index in [0.29, 0.717) is 32.2 Å². The van der Waals surface area contributed by atoms with Crippen molar-refractivity contribution in [2.45, 2.75) is 180 Å². The predicted molar refractivity (Wildman–Crippen MR) is 212 cm³/mol. The highest BCUT2D eigenvalue weighted by molar-refractivity contribution is 5.69. The van der Waals surface area contributed by atoms with E-state index in [0.717, 1.165) is 149 Å². The van der Waals surface area contributed by atoms with Gasteiger partial charge < -0.3 is 18.9 Å². The third-order valence-corrected chi connectivity index (χ3v) is 10.8. The van der Waals surface area contributed by atoms with E-state index >= 15 is 0 Å². The number of carbonyl (C=O) groups is 2. The lowest BCUT2D eigenvalue weighted by atomic mass is 9.79. The molecule has 2 fully saturated rings. The molecule has 52 heavy (non-hydrogen) atoms. The number of carbonyl (C=O) groups excluding carboxylic acids is 2. The van der Waals surface area contributed by atoms with Crippen LogP contribution < -0.4 is 0 Å². The van der Waals surface area contributed by atoms with Crippen LogP contribution in [0.2, 0.25) is 0 Å². The lowest BCUT2D eigenvalue weighted by molar-refractivity contribution is -0.144. The first-order chi connectivity index (χ1) is 25.6. The zero-order valence-electron chi connectivity index (χ0n) is 33.7. The highest BCUT2D eigenvalue weighted by Gasteiger charge is 2.24. The fraction of sp³-hybridized carbons (Fsp3) is 0.844. The maximum atomic E-state index is 12.8. The fourth-order valence-corrected chi connectivity index (χ4v) is 7.64. The summed E-state index contributed by atoms with van der Waals surface area (Å²) in [6, 6.07) is 0. The minimum absolute atomic E-state index is 0.0854. The van der Waals surface area contributed by atoms with Gasteiger partial charge in [-0.2, -0.15) is 0 Å². The summed E-state index contributed by atoms with van der Waals surface area (Å²) < 4.78 is 23.6. The van der Waals surface area contributed by atoms with E-state index in [1.54, 1.807) is 0 Å². The van der Waals surface area contributed by atoms with Gasteiger partial charge >= 0.3 is 11.9 Å². The van der Waals surface area contributed by atoms with E-state index in [9.17, 15) is 9.59 Å². The van der Waals surface area contributed by atoms with Crippen molar-refractivity contribution in [3.05, 3.63) is 29.3 Å². The van der Waals surface area contributed by atoms with Crippen LogP contribution in [-0.4, -0.2) is 75.6 Å². The van der Waals surface area contributed by atoms with Gasteiger partial charge in [0.05, 0.1) is 32.5 Å². The second-order valence-electron chi connectivity index (χ2n) is 15.2. The molecule has 2 aliphatic heterocycles. The summed E-state index contributed by atoms with van der Waals surface area (Å²) in [5, 5.41) is 0. The van der Waals surface area contributed by atoms with Crippen LogP contribution in [-0.2, 0) is 28.5 Å². The molecule has 2 heterocycles. The predicted octanol–water partition coefficient (Wildman–Crippen LogP) is 10.8. The molecule has 0 bridgehead atoms. The van der Waals surface area contributed by atoms with Crippen LogP contribution in [0, 0.1) is 11.8 Å². The third-order valence-electron chi connectivity index (χ3n) is 10.8. The second-order valence-corrected chi connectivity index (χ2v) is 15.2. The molecule has 0 amide bonds. The normalized spacial score (nSPS) is 23.8. The maximum Gasteiger partial charge on any atom is 0.305 e. The molecule has 2 rings (SSSR count). The Balaban J connectivity index is 2.00. The lowest BCUT2D eigenvalue weighted by Gasteiger charge is -2.26. The Labute approximate surface area is 319 Å². The summed E-state index contributed by atoms with van der Waals surface area (Å²) >= 11 is 0. The average molecular weight is 728 g/mol. The topological polar surface area (TPSA) is 74.3 Å². The summed E-state index contributed by atoms with van der Waals surface area (Å²) in [6.07, 6.45) is 26.0. The molecule has 0 aliphatic carbocycles. The standard InChI is InChI=1S/C45H77NO6/c1-4-7-16-23-40-30-36-51-44(47)28-20-14-10-12-18-25-42(50-35-22-32-46-33-38-49-39-34-46)26-19-13-11-15-21-29-45(48)52-37-31-41(24-17-8-5-2)43(40)27-9-6-3/h40-42H,3-5,7-8,10-26,28-39H2,1-2H3. The van der Waals surface area contributed by atoms with E-state index in [-0.39, 0.29) is 23.8 Å². The zero-order chi connectivity index (χ0) is 37.3. The van der Waals surface area contributed by atoms with E-state index in [1.807, 2.05) is 0 Å². The highest BCUT2D eigenvalue weighted by atomic mass is 16.5. The number of morpholine rings is 1. The molecule has 0 N–H and O–H groups in total. The molecule has 0 aromatic heterocycles. The quantitative estimate of drug-likeness (QED) is 0.106. The molecular weight excluding hydrogens is 650 g/mol. The Morgan fingerprint density at radius 3 is 1.71 bits per heavy atom. The van der Waals surface area contributed by atoms with Crippen LogP contribution >= 0.6 is 0 Å².